The van der Waals surface area contributed by atoms with Crippen LogP contribution in [0.15, 0.2) is 29.3 Å². The van der Waals surface area contributed by atoms with Crippen LogP contribution in [-0.4, -0.2) is 56.9 Å². The monoisotopic (exact) mass is 513 g/mol. The number of nitrogens with zero attached hydrogens (tertiary/aromatic N) is 2. The number of ether oxygens (including phenoxy) is 2. The van der Waals surface area contributed by atoms with E-state index in [4.69, 9.17) is 14.5 Å². The summed E-state index contributed by atoms with van der Waals surface area (Å²) in [6, 6.07) is 5.36. The lowest BCUT2D eigenvalue weighted by Gasteiger charge is -2.38. The Morgan fingerprint density at radius 2 is 2.11 bits per heavy atom. The molecule has 0 aliphatic carbocycles. The lowest BCUT2D eigenvalue weighted by molar-refractivity contribution is -0.137. The molecule has 0 aromatic heterocycles. The third-order valence-electron chi connectivity index (χ3n) is 4.80. The number of halogens is 4. The largest absolute Gasteiger partial charge is 0.416 e. The maximum absolute atomic E-state index is 13.0. The fourth-order valence-electron chi connectivity index (χ4n) is 3.19. The molecule has 1 atom stereocenters. The molecule has 2 aliphatic rings. The number of hydrogen-bond donors (Lipinski definition) is 1. The summed E-state index contributed by atoms with van der Waals surface area (Å²) in [6.07, 6.45) is -4.78. The Labute approximate surface area is 180 Å². The first kappa shape index (κ1) is 23.2. The van der Waals surface area contributed by atoms with E-state index in [0.29, 0.717) is 45.0 Å². The van der Waals surface area contributed by atoms with Gasteiger partial charge in [-0.1, -0.05) is 19.1 Å². The minimum Gasteiger partial charge on any atom is -0.380 e. The molecule has 2 heterocycles. The minimum atomic E-state index is -4.36. The zero-order valence-corrected chi connectivity index (χ0v) is 18.4. The van der Waals surface area contributed by atoms with Crippen LogP contribution in [0.1, 0.15) is 31.1 Å². The highest BCUT2D eigenvalue weighted by Crippen LogP contribution is 2.32. The fourth-order valence-corrected chi connectivity index (χ4v) is 3.19. The first-order valence-electron chi connectivity index (χ1n) is 9.20. The van der Waals surface area contributed by atoms with Crippen molar-refractivity contribution in [3.63, 3.8) is 0 Å². The average Bonchev–Trinajstić information content (AvgIpc) is 2.63. The fraction of sp³-hybridized carbons (Fsp3) is 0.632. The van der Waals surface area contributed by atoms with E-state index in [0.717, 1.165) is 18.6 Å². The van der Waals surface area contributed by atoms with Crippen LogP contribution < -0.4 is 5.32 Å². The second kappa shape index (κ2) is 9.62. The van der Waals surface area contributed by atoms with Crippen molar-refractivity contribution in [2.45, 2.75) is 26.1 Å². The van der Waals surface area contributed by atoms with Gasteiger partial charge in [-0.15, -0.1) is 24.0 Å². The molecule has 1 N–H and O–H groups in total. The van der Waals surface area contributed by atoms with Crippen molar-refractivity contribution < 1.29 is 22.6 Å². The van der Waals surface area contributed by atoms with Gasteiger partial charge in [0, 0.05) is 18.5 Å². The topological polar surface area (TPSA) is 46.1 Å². The number of morpholine rings is 1. The molecule has 2 saturated heterocycles. The Bertz CT molecular complexity index is 681. The van der Waals surface area contributed by atoms with Crippen molar-refractivity contribution in [3.8, 4) is 0 Å². The van der Waals surface area contributed by atoms with Gasteiger partial charge >= 0.3 is 6.18 Å². The van der Waals surface area contributed by atoms with Crippen LogP contribution in [0.2, 0.25) is 0 Å². The molecule has 3 rings (SSSR count). The molecule has 0 bridgehead atoms. The summed E-state index contributed by atoms with van der Waals surface area (Å²) in [6.45, 7) is 8.44. The van der Waals surface area contributed by atoms with Crippen LogP contribution in [0.25, 0.3) is 0 Å². The molecule has 158 valence electrons. The Morgan fingerprint density at radius 3 is 2.71 bits per heavy atom. The Hall–Kier alpha value is -1.07. The van der Waals surface area contributed by atoms with Crippen molar-refractivity contribution in [2.24, 2.45) is 10.4 Å². The number of nitrogens with one attached hydrogen (secondary N) is 1. The van der Waals surface area contributed by atoms with Gasteiger partial charge < -0.3 is 19.7 Å². The molecule has 0 saturated carbocycles. The lowest BCUT2D eigenvalue weighted by Crippen LogP contribution is -2.49. The standard InChI is InChI=1S/C19H26F3N3O2.HI/c1-3-23-17(24-11-18(2)12-26-13-18)25-7-8-27-16(10-25)14-5-4-6-15(9-14)19(20,21)22;/h4-6,9,16H,3,7-8,10-13H2,1-2H3,(H,23,24);1H. The Balaban J connectivity index is 0.00000280. The summed E-state index contributed by atoms with van der Waals surface area (Å²) < 4.78 is 50.0. The molecule has 9 heteroatoms. The van der Waals surface area contributed by atoms with Gasteiger partial charge in [0.2, 0.25) is 0 Å². The zero-order chi connectivity index (χ0) is 19.5. The van der Waals surface area contributed by atoms with Gasteiger partial charge in [-0.3, -0.25) is 4.99 Å². The molecule has 1 aromatic carbocycles. The maximum Gasteiger partial charge on any atom is 0.416 e. The van der Waals surface area contributed by atoms with E-state index < -0.39 is 17.8 Å². The number of hydrogen-bond acceptors (Lipinski definition) is 3. The summed E-state index contributed by atoms with van der Waals surface area (Å²) in [5.41, 5.74) is -0.0585. The van der Waals surface area contributed by atoms with Gasteiger partial charge in [0.1, 0.15) is 6.10 Å². The smallest absolute Gasteiger partial charge is 0.380 e. The Kier molecular flexibility index (Phi) is 7.97. The van der Waals surface area contributed by atoms with Crippen molar-refractivity contribution in [1.29, 1.82) is 0 Å². The Morgan fingerprint density at radius 1 is 1.36 bits per heavy atom. The minimum absolute atomic E-state index is 0. The molecule has 1 unspecified atom stereocenters. The summed E-state index contributed by atoms with van der Waals surface area (Å²) in [5, 5.41) is 3.28. The summed E-state index contributed by atoms with van der Waals surface area (Å²) >= 11 is 0. The highest BCUT2D eigenvalue weighted by Gasteiger charge is 2.34. The molecule has 5 nitrogen and oxygen atoms in total. The van der Waals surface area contributed by atoms with Crippen LogP contribution in [0.3, 0.4) is 0 Å². The van der Waals surface area contributed by atoms with Gasteiger partial charge in [0.15, 0.2) is 5.96 Å². The van der Waals surface area contributed by atoms with Crippen molar-refractivity contribution in [3.05, 3.63) is 35.4 Å². The second-order valence-corrected chi connectivity index (χ2v) is 7.40. The van der Waals surface area contributed by atoms with E-state index in [1.165, 1.54) is 12.1 Å². The van der Waals surface area contributed by atoms with Crippen molar-refractivity contribution in [2.75, 3.05) is 46.0 Å². The summed E-state index contributed by atoms with van der Waals surface area (Å²) in [7, 11) is 0. The first-order valence-corrected chi connectivity index (χ1v) is 9.20. The van der Waals surface area contributed by atoms with E-state index in [1.807, 2.05) is 6.92 Å². The van der Waals surface area contributed by atoms with Crippen LogP contribution in [-0.2, 0) is 15.7 Å². The third-order valence-corrected chi connectivity index (χ3v) is 4.80. The predicted molar refractivity (Wildman–Crippen MR) is 112 cm³/mol. The number of aliphatic imine (C=N–C) groups is 1. The highest BCUT2D eigenvalue weighted by atomic mass is 127. The zero-order valence-electron chi connectivity index (χ0n) is 16.1. The highest BCUT2D eigenvalue weighted by molar-refractivity contribution is 14.0. The summed E-state index contributed by atoms with van der Waals surface area (Å²) in [4.78, 5) is 6.79. The third kappa shape index (κ3) is 5.73. The van der Waals surface area contributed by atoms with Gasteiger partial charge in [-0.2, -0.15) is 13.2 Å². The molecular formula is C19H27F3IN3O2. The molecule has 0 amide bonds. The average molecular weight is 513 g/mol. The normalized spacial score (nSPS) is 22.2. The van der Waals surface area contributed by atoms with Crippen LogP contribution in [0, 0.1) is 5.41 Å². The van der Waals surface area contributed by atoms with Crippen LogP contribution >= 0.6 is 24.0 Å². The quantitative estimate of drug-likeness (QED) is 0.379. The van der Waals surface area contributed by atoms with Crippen molar-refractivity contribution in [1.82, 2.24) is 10.2 Å². The molecule has 0 spiro atoms. The molecular weight excluding hydrogens is 486 g/mol. The van der Waals surface area contributed by atoms with Gasteiger partial charge in [0.05, 0.1) is 38.5 Å². The molecule has 28 heavy (non-hydrogen) atoms. The van der Waals surface area contributed by atoms with E-state index in [9.17, 15) is 13.2 Å². The number of guanidine groups is 1. The first-order chi connectivity index (χ1) is 12.8. The molecule has 0 radical (unpaired) electrons. The molecule has 2 aliphatic heterocycles. The second-order valence-electron chi connectivity index (χ2n) is 7.40. The van der Waals surface area contributed by atoms with E-state index in [2.05, 4.69) is 17.1 Å². The molecule has 1 aromatic rings. The van der Waals surface area contributed by atoms with Gasteiger partial charge in [-0.05, 0) is 24.6 Å². The van der Waals surface area contributed by atoms with E-state index >= 15 is 0 Å². The lowest BCUT2D eigenvalue weighted by atomic mass is 9.89. The molecule has 2 fully saturated rings. The van der Waals surface area contributed by atoms with Gasteiger partial charge in [-0.25, -0.2) is 0 Å². The number of benzene rings is 1. The van der Waals surface area contributed by atoms with Crippen molar-refractivity contribution >= 4 is 29.9 Å². The van der Waals surface area contributed by atoms with Crippen LogP contribution in [0.5, 0.6) is 0 Å². The van der Waals surface area contributed by atoms with Crippen LogP contribution in [0.4, 0.5) is 13.2 Å². The number of alkyl halides is 3. The van der Waals surface area contributed by atoms with E-state index in [-0.39, 0.29) is 29.4 Å². The summed E-state index contributed by atoms with van der Waals surface area (Å²) in [5.74, 6) is 0.769. The van der Waals surface area contributed by atoms with Gasteiger partial charge in [0.25, 0.3) is 0 Å². The predicted octanol–water partition coefficient (Wildman–Crippen LogP) is 3.70. The SMILES string of the molecule is CCNC(=NCC1(C)COC1)N1CCOC(c2cccc(C(F)(F)F)c2)C1.I. The van der Waals surface area contributed by atoms with E-state index in [1.54, 1.807) is 6.07 Å². The number of rotatable bonds is 4. The maximum atomic E-state index is 13.0.